The highest BCUT2D eigenvalue weighted by atomic mass is 19.1. The van der Waals surface area contributed by atoms with Gasteiger partial charge in [-0.3, -0.25) is 14.7 Å². The Morgan fingerprint density at radius 1 is 1.03 bits per heavy atom. The van der Waals surface area contributed by atoms with Gasteiger partial charge in [-0.15, -0.1) is 0 Å². The molecule has 0 saturated carbocycles. The minimum atomic E-state index is -1.79. The lowest BCUT2D eigenvalue weighted by Crippen LogP contribution is -2.53. The molecular weight excluding hydrogens is 481 g/mol. The van der Waals surface area contributed by atoms with Crippen LogP contribution in [0.1, 0.15) is 42.9 Å². The van der Waals surface area contributed by atoms with Gasteiger partial charge in [-0.05, 0) is 61.2 Å². The maximum Gasteiger partial charge on any atom is 0.260 e. The van der Waals surface area contributed by atoms with Crippen molar-refractivity contribution in [1.82, 2.24) is 34.5 Å². The number of pyridine rings is 1. The first-order valence-electron chi connectivity index (χ1n) is 13.4. The number of carbonyl (C=O) groups is 1. The summed E-state index contributed by atoms with van der Waals surface area (Å²) in [5.74, 6) is 0.493. The van der Waals surface area contributed by atoms with Crippen molar-refractivity contribution >= 4 is 16.9 Å². The highest BCUT2D eigenvalue weighted by Gasteiger charge is 2.45. The van der Waals surface area contributed by atoms with E-state index in [1.54, 1.807) is 23.5 Å². The number of hydrogen-bond acceptors (Lipinski definition) is 6. The van der Waals surface area contributed by atoms with Crippen molar-refractivity contribution in [2.24, 2.45) is 0 Å². The first kappa shape index (κ1) is 24.6. The number of piperidine rings is 2. The van der Waals surface area contributed by atoms with Gasteiger partial charge in [0.15, 0.2) is 11.5 Å². The molecule has 0 N–H and O–H groups in total. The van der Waals surface area contributed by atoms with Crippen LogP contribution >= 0.6 is 0 Å². The van der Waals surface area contributed by atoms with Crippen LogP contribution in [0.4, 0.5) is 4.39 Å². The molecule has 1 amide bonds. The molecule has 38 heavy (non-hydrogen) atoms. The number of carbonyl (C=O) groups excluding carboxylic acids is 1. The number of imidazole rings is 1. The Morgan fingerprint density at radius 2 is 1.84 bits per heavy atom. The number of alkyl halides is 1. The van der Waals surface area contributed by atoms with Crippen LogP contribution in [-0.2, 0) is 11.3 Å². The second kappa shape index (κ2) is 10.2. The summed E-state index contributed by atoms with van der Waals surface area (Å²) < 4.78 is 18.2. The molecule has 0 bridgehead atoms. The van der Waals surface area contributed by atoms with Gasteiger partial charge in [-0.25, -0.2) is 9.37 Å². The summed E-state index contributed by atoms with van der Waals surface area (Å²) in [5, 5.41) is 7.72. The van der Waals surface area contributed by atoms with E-state index < -0.39 is 5.67 Å². The molecule has 2 saturated heterocycles. The highest BCUT2D eigenvalue weighted by Crippen LogP contribution is 2.35. The molecule has 2 aliphatic heterocycles. The Morgan fingerprint density at radius 3 is 2.55 bits per heavy atom. The average molecular weight is 514 g/mol. The van der Waals surface area contributed by atoms with Gasteiger partial charge in [0, 0.05) is 64.0 Å². The third-order valence-corrected chi connectivity index (χ3v) is 7.94. The van der Waals surface area contributed by atoms with Crippen molar-refractivity contribution in [1.29, 1.82) is 0 Å². The number of benzene rings is 1. The number of hydrogen-bond donors (Lipinski definition) is 0. The summed E-state index contributed by atoms with van der Waals surface area (Å²) in [6.07, 6.45) is 7.13. The Balaban J connectivity index is 1.14. The van der Waals surface area contributed by atoms with Gasteiger partial charge >= 0.3 is 0 Å². The van der Waals surface area contributed by atoms with Crippen molar-refractivity contribution in [2.75, 3.05) is 26.2 Å². The van der Waals surface area contributed by atoms with E-state index in [4.69, 9.17) is 4.98 Å². The van der Waals surface area contributed by atoms with E-state index in [0.717, 1.165) is 46.5 Å². The maximum absolute atomic E-state index is 15.9. The number of halogens is 1. The molecule has 2 aliphatic rings. The fraction of sp³-hybridized carbons (Fsp3) is 0.414. The lowest BCUT2D eigenvalue weighted by atomic mass is 9.90. The summed E-state index contributed by atoms with van der Waals surface area (Å²) >= 11 is 0. The Hall–Kier alpha value is -3.72. The summed E-state index contributed by atoms with van der Waals surface area (Å²) in [5.41, 5.74) is 3.26. The first-order chi connectivity index (χ1) is 18.5. The molecule has 5 heterocycles. The van der Waals surface area contributed by atoms with Crippen molar-refractivity contribution in [2.45, 2.75) is 50.9 Å². The fourth-order valence-corrected chi connectivity index (χ4v) is 5.81. The van der Waals surface area contributed by atoms with E-state index in [-0.39, 0.29) is 24.8 Å². The molecule has 8 nitrogen and oxygen atoms in total. The summed E-state index contributed by atoms with van der Waals surface area (Å²) in [6.45, 7) is 4.94. The zero-order chi connectivity index (χ0) is 26.1. The van der Waals surface area contributed by atoms with E-state index in [9.17, 15) is 4.79 Å². The highest BCUT2D eigenvalue weighted by molar-refractivity contribution is 5.85. The van der Waals surface area contributed by atoms with Crippen molar-refractivity contribution < 1.29 is 9.18 Å². The lowest BCUT2D eigenvalue weighted by Gasteiger charge is -2.40. The van der Waals surface area contributed by atoms with Gasteiger partial charge in [0.2, 0.25) is 0 Å². The molecule has 6 rings (SSSR count). The monoisotopic (exact) mass is 513 g/mol. The van der Waals surface area contributed by atoms with Gasteiger partial charge in [-0.1, -0.05) is 12.1 Å². The van der Waals surface area contributed by atoms with Crippen molar-refractivity contribution in [3.05, 3.63) is 72.2 Å². The van der Waals surface area contributed by atoms with E-state index in [2.05, 4.69) is 49.8 Å². The zero-order valence-corrected chi connectivity index (χ0v) is 21.6. The second-order valence-corrected chi connectivity index (χ2v) is 10.5. The van der Waals surface area contributed by atoms with Crippen LogP contribution in [0.2, 0.25) is 0 Å². The molecule has 0 aliphatic carbocycles. The summed E-state index contributed by atoms with van der Waals surface area (Å²) in [6, 6.07) is 14.3. The minimum Gasteiger partial charge on any atom is -0.340 e. The van der Waals surface area contributed by atoms with Crippen LogP contribution in [0.15, 0.2) is 61.1 Å². The molecule has 4 aromatic rings. The molecule has 1 aromatic carbocycles. The number of fused-ring (bicyclic) bond motifs is 1. The molecule has 9 heteroatoms. The van der Waals surface area contributed by atoms with Crippen LogP contribution in [0, 0.1) is 6.92 Å². The van der Waals surface area contributed by atoms with E-state index >= 15 is 4.39 Å². The van der Waals surface area contributed by atoms with E-state index in [0.29, 0.717) is 32.7 Å². The largest absolute Gasteiger partial charge is 0.340 e. The number of aryl methyl sites for hydroxylation is 1. The molecule has 3 aromatic heterocycles. The zero-order valence-electron chi connectivity index (χ0n) is 21.6. The molecular formula is C29H32FN7O. The van der Waals surface area contributed by atoms with Crippen molar-refractivity contribution in [3.8, 4) is 11.5 Å². The normalized spacial score (nSPS) is 18.6. The Bertz CT molecular complexity index is 1410. The Kier molecular flexibility index (Phi) is 6.61. The summed E-state index contributed by atoms with van der Waals surface area (Å²) in [7, 11) is 0. The lowest BCUT2D eigenvalue weighted by molar-refractivity contribution is -0.148. The molecule has 0 atom stereocenters. The minimum absolute atomic E-state index is 0.162. The smallest absolute Gasteiger partial charge is 0.260 e. The predicted octanol–water partition coefficient (Wildman–Crippen LogP) is 4.36. The predicted molar refractivity (Wildman–Crippen MR) is 143 cm³/mol. The number of rotatable bonds is 5. The first-order valence-corrected chi connectivity index (χ1v) is 13.4. The quantitative estimate of drug-likeness (QED) is 0.394. The summed E-state index contributed by atoms with van der Waals surface area (Å²) in [4.78, 5) is 26.8. The van der Waals surface area contributed by atoms with Crippen molar-refractivity contribution in [3.63, 3.8) is 0 Å². The second-order valence-electron chi connectivity index (χ2n) is 10.5. The number of aromatic nitrogens is 5. The third kappa shape index (κ3) is 4.78. The van der Waals surface area contributed by atoms with E-state index in [1.165, 1.54) is 0 Å². The maximum atomic E-state index is 15.9. The van der Waals surface area contributed by atoms with Crippen LogP contribution in [-0.4, -0.2) is 72.3 Å². The Labute approximate surface area is 221 Å². The molecule has 0 radical (unpaired) electrons. The van der Waals surface area contributed by atoms with Gasteiger partial charge in [-0.2, -0.15) is 10.2 Å². The van der Waals surface area contributed by atoms with Gasteiger partial charge < -0.3 is 9.47 Å². The van der Waals surface area contributed by atoms with E-state index in [1.807, 2.05) is 24.3 Å². The third-order valence-electron chi connectivity index (χ3n) is 7.94. The number of likely N-dealkylation sites (tertiary alicyclic amines) is 2. The topological polar surface area (TPSA) is 80.0 Å². The van der Waals surface area contributed by atoms with Gasteiger partial charge in [0.25, 0.3) is 5.91 Å². The van der Waals surface area contributed by atoms with Crippen LogP contribution < -0.4 is 0 Å². The average Bonchev–Trinajstić information content (AvgIpc) is 3.34. The number of amides is 1. The number of nitrogens with zero attached hydrogens (tertiary/aromatic N) is 7. The van der Waals surface area contributed by atoms with Gasteiger partial charge in [0.05, 0.1) is 17.2 Å². The molecule has 2 fully saturated rings. The standard InChI is InChI=1S/C29H32FN7O/c1-21-5-6-26-25(18-21)34-27(24-4-2-3-12-31-24)37(26)23-8-14-36(15-9-23)28(38)29(30)10-16-35(17-11-29)20-22-7-13-32-33-19-22/h2-7,12-13,18-19,23H,8-11,14-17,20H2,1H3. The van der Waals surface area contributed by atoms with Crippen LogP contribution in [0.3, 0.4) is 0 Å². The molecule has 0 spiro atoms. The molecule has 0 unspecified atom stereocenters. The van der Waals surface area contributed by atoms with Gasteiger partial charge in [0.1, 0.15) is 5.69 Å². The van der Waals surface area contributed by atoms with Crippen LogP contribution in [0.5, 0.6) is 0 Å². The fourth-order valence-electron chi connectivity index (χ4n) is 5.81. The molecule has 196 valence electrons. The SMILES string of the molecule is Cc1ccc2c(c1)nc(-c1ccccn1)n2C1CCN(C(=O)C2(F)CCN(Cc3ccnnc3)CC2)CC1. The van der Waals surface area contributed by atoms with Crippen LogP contribution in [0.25, 0.3) is 22.6 Å².